The fourth-order valence-electron chi connectivity index (χ4n) is 6.04. The quantitative estimate of drug-likeness (QED) is 0.0703. The molecule has 1 aliphatic rings. The first-order valence-electron chi connectivity index (χ1n) is 16.4. The minimum atomic E-state index is -2.80. The van der Waals surface area contributed by atoms with Crippen molar-refractivity contribution in [3.8, 4) is 0 Å². The highest BCUT2D eigenvalue weighted by Crippen LogP contribution is 2.28. The summed E-state index contributed by atoms with van der Waals surface area (Å²) >= 11 is 12.1. The van der Waals surface area contributed by atoms with Gasteiger partial charge in [-0.05, 0) is 74.9 Å². The van der Waals surface area contributed by atoms with Crippen LogP contribution in [0.3, 0.4) is 0 Å². The number of hydrogen-bond acceptors (Lipinski definition) is 12. The Labute approximate surface area is 305 Å². The molecule has 13 nitrogen and oxygen atoms in total. The number of hydrogen-bond donors (Lipinski definition) is 4. The third-order valence-electron chi connectivity index (χ3n) is 8.59. The lowest BCUT2D eigenvalue weighted by molar-refractivity contribution is -0.201. The maximum Gasteiger partial charge on any atom is 0.365 e. The van der Waals surface area contributed by atoms with Gasteiger partial charge in [0.05, 0.1) is 0 Å². The summed E-state index contributed by atoms with van der Waals surface area (Å²) in [5.41, 5.74) is 16.9. The molecule has 1 fully saturated rings. The molecule has 7 atom stereocenters. The summed E-state index contributed by atoms with van der Waals surface area (Å²) in [6.45, 7) is 3.24. The Hall–Kier alpha value is -3.44. The SMILES string of the molecule is CC(OC(=O)C(N)Cc1ccc(F)cc1)C(N(CCCl)CCCl)[C@@](N)(OC(=O)[C@@H]1CCCN1C(C)OC(=O)C(N)Cc1ccc(F)cc1)C(=O)O. The van der Waals surface area contributed by atoms with Crippen molar-refractivity contribution in [3.63, 3.8) is 0 Å². The van der Waals surface area contributed by atoms with Gasteiger partial charge in [0.15, 0.2) is 6.23 Å². The molecular formula is C34H45Cl2F2N5O8. The van der Waals surface area contributed by atoms with Crippen LogP contribution in [0.25, 0.3) is 0 Å². The average Bonchev–Trinajstić information content (AvgIpc) is 3.58. The monoisotopic (exact) mass is 759 g/mol. The van der Waals surface area contributed by atoms with Crippen LogP contribution >= 0.6 is 23.2 Å². The van der Waals surface area contributed by atoms with Gasteiger partial charge >= 0.3 is 23.9 Å². The van der Waals surface area contributed by atoms with Crippen molar-refractivity contribution in [2.45, 2.75) is 81.8 Å². The fraction of sp³-hybridized carbons (Fsp3) is 0.529. The Bertz CT molecular complexity index is 1470. The lowest BCUT2D eigenvalue weighted by atomic mass is 9.96. The molecule has 0 radical (unpaired) electrons. The number of alkyl halides is 2. The van der Waals surface area contributed by atoms with Crippen molar-refractivity contribution in [1.82, 2.24) is 9.80 Å². The van der Waals surface area contributed by atoms with Gasteiger partial charge < -0.3 is 30.8 Å². The van der Waals surface area contributed by atoms with Gasteiger partial charge in [-0.25, -0.2) is 13.6 Å². The minimum absolute atomic E-state index is 0.00956. The number of carbonyl (C=O) groups excluding carboxylic acids is 3. The molecule has 0 bridgehead atoms. The van der Waals surface area contributed by atoms with Gasteiger partial charge in [0.1, 0.15) is 41.9 Å². The second kappa shape index (κ2) is 19.4. The van der Waals surface area contributed by atoms with Gasteiger partial charge in [-0.2, -0.15) is 0 Å². The maximum atomic E-state index is 13.8. The molecule has 3 rings (SSSR count). The molecule has 7 N–H and O–H groups in total. The van der Waals surface area contributed by atoms with Crippen molar-refractivity contribution in [3.05, 3.63) is 71.3 Å². The van der Waals surface area contributed by atoms with E-state index in [1.807, 2.05) is 0 Å². The molecule has 17 heteroatoms. The van der Waals surface area contributed by atoms with E-state index in [0.717, 1.165) is 0 Å². The van der Waals surface area contributed by atoms with E-state index < -0.39 is 77.7 Å². The summed E-state index contributed by atoms with van der Waals surface area (Å²) < 4.78 is 43.4. The number of halogens is 4. The number of likely N-dealkylation sites (tertiary alicyclic amines) is 1. The number of esters is 3. The highest BCUT2D eigenvalue weighted by atomic mass is 35.5. The van der Waals surface area contributed by atoms with Crippen molar-refractivity contribution in [1.29, 1.82) is 0 Å². The molecule has 0 saturated carbocycles. The maximum absolute atomic E-state index is 13.8. The van der Waals surface area contributed by atoms with E-state index >= 15 is 0 Å². The first kappa shape index (κ1) is 42.0. The Balaban J connectivity index is 1.79. The van der Waals surface area contributed by atoms with Gasteiger partial charge in [0, 0.05) is 31.4 Å². The zero-order valence-electron chi connectivity index (χ0n) is 28.4. The van der Waals surface area contributed by atoms with Gasteiger partial charge in [-0.3, -0.25) is 29.9 Å². The molecule has 1 aliphatic heterocycles. The summed E-state index contributed by atoms with van der Waals surface area (Å²) in [4.78, 5) is 55.6. The Morgan fingerprint density at radius 2 is 1.37 bits per heavy atom. The summed E-state index contributed by atoms with van der Waals surface area (Å²) in [6.07, 6.45) is -1.55. The summed E-state index contributed by atoms with van der Waals surface area (Å²) in [6, 6.07) is 5.97. The zero-order chi connectivity index (χ0) is 37.9. The molecule has 5 unspecified atom stereocenters. The molecule has 0 aromatic heterocycles. The van der Waals surface area contributed by atoms with Crippen LogP contribution in [0.15, 0.2) is 48.5 Å². The van der Waals surface area contributed by atoms with E-state index in [1.54, 1.807) is 0 Å². The third-order valence-corrected chi connectivity index (χ3v) is 8.93. The van der Waals surface area contributed by atoms with Crippen LogP contribution in [0.4, 0.5) is 8.78 Å². The Morgan fingerprint density at radius 1 is 0.902 bits per heavy atom. The van der Waals surface area contributed by atoms with Gasteiger partial charge in [0.25, 0.3) is 5.72 Å². The van der Waals surface area contributed by atoms with E-state index in [1.165, 1.54) is 72.2 Å². The molecule has 0 spiro atoms. The number of ether oxygens (including phenoxy) is 3. The van der Waals surface area contributed by atoms with E-state index in [4.69, 9.17) is 54.6 Å². The highest BCUT2D eigenvalue weighted by Gasteiger charge is 2.54. The van der Waals surface area contributed by atoms with E-state index in [-0.39, 0.29) is 44.1 Å². The van der Waals surface area contributed by atoms with Gasteiger partial charge in [0.2, 0.25) is 0 Å². The van der Waals surface area contributed by atoms with Crippen LogP contribution in [-0.4, -0.2) is 112 Å². The van der Waals surface area contributed by atoms with Crippen LogP contribution in [0.5, 0.6) is 0 Å². The van der Waals surface area contributed by atoms with E-state index in [0.29, 0.717) is 24.1 Å². The Kier molecular flexibility index (Phi) is 16.0. The van der Waals surface area contributed by atoms with Crippen LogP contribution in [0.1, 0.15) is 37.8 Å². The molecule has 2 aromatic rings. The molecule has 1 heterocycles. The molecule has 282 valence electrons. The fourth-order valence-corrected chi connectivity index (χ4v) is 6.47. The number of aliphatic carboxylic acids is 1. The minimum Gasteiger partial charge on any atom is -0.477 e. The number of nitrogens with two attached hydrogens (primary N) is 3. The van der Waals surface area contributed by atoms with Crippen molar-refractivity contribution < 1.29 is 47.3 Å². The predicted octanol–water partition coefficient (Wildman–Crippen LogP) is 2.12. The number of carboxylic acid groups (broad SMARTS) is 1. The molecule has 1 saturated heterocycles. The van der Waals surface area contributed by atoms with Crippen LogP contribution in [-0.2, 0) is 46.2 Å². The Morgan fingerprint density at radius 3 is 1.82 bits per heavy atom. The summed E-state index contributed by atoms with van der Waals surface area (Å²) in [7, 11) is 0. The van der Waals surface area contributed by atoms with Crippen molar-refractivity contribution in [2.75, 3.05) is 31.4 Å². The molecule has 0 aliphatic carbocycles. The zero-order valence-corrected chi connectivity index (χ0v) is 29.9. The van der Waals surface area contributed by atoms with Crippen molar-refractivity contribution >= 4 is 47.1 Å². The van der Waals surface area contributed by atoms with Gasteiger partial charge in [-0.1, -0.05) is 24.3 Å². The molecule has 0 amide bonds. The third kappa shape index (κ3) is 11.5. The normalized spacial score (nSPS) is 19.0. The van der Waals surface area contributed by atoms with Crippen molar-refractivity contribution in [2.24, 2.45) is 17.2 Å². The molecule has 51 heavy (non-hydrogen) atoms. The van der Waals surface area contributed by atoms with Gasteiger partial charge in [-0.15, -0.1) is 23.2 Å². The second-order valence-electron chi connectivity index (χ2n) is 12.3. The number of benzene rings is 2. The highest BCUT2D eigenvalue weighted by molar-refractivity contribution is 6.18. The number of rotatable bonds is 19. The second-order valence-corrected chi connectivity index (χ2v) is 13.1. The first-order chi connectivity index (χ1) is 24.1. The van der Waals surface area contributed by atoms with Crippen LogP contribution in [0.2, 0.25) is 0 Å². The standard InChI is InChI=1S/C34H45Cl2F2N5O8/c1-20(49-30(44)26(39)18-22-5-9-24(37)10-6-22)29(42(16-13-35)17-14-36)34(41,33(47)48)51-32(46)28-4-3-15-43(28)21(2)50-31(45)27(40)19-23-7-11-25(38)12-8-23/h5-12,20-21,26-29H,3-4,13-19,39-41H2,1-2H3,(H,47,48)/t20?,21?,26?,27?,28-,29?,34+/m0/s1. The van der Waals surface area contributed by atoms with Crippen LogP contribution < -0.4 is 17.2 Å². The average molecular weight is 761 g/mol. The van der Waals surface area contributed by atoms with E-state index in [2.05, 4.69) is 0 Å². The summed E-state index contributed by atoms with van der Waals surface area (Å²) in [5, 5.41) is 10.5. The number of nitrogens with zero attached hydrogens (tertiary/aromatic N) is 2. The molecule has 2 aromatic carbocycles. The smallest absolute Gasteiger partial charge is 0.365 e. The number of carbonyl (C=O) groups is 4. The predicted molar refractivity (Wildman–Crippen MR) is 184 cm³/mol. The largest absolute Gasteiger partial charge is 0.477 e. The molecular weight excluding hydrogens is 715 g/mol. The van der Waals surface area contributed by atoms with Crippen LogP contribution in [0, 0.1) is 11.6 Å². The van der Waals surface area contributed by atoms with E-state index in [9.17, 15) is 33.1 Å². The number of carboxylic acids is 1. The lowest BCUT2D eigenvalue weighted by Gasteiger charge is -2.43. The topological polar surface area (TPSA) is 201 Å². The first-order valence-corrected chi connectivity index (χ1v) is 17.5. The lowest BCUT2D eigenvalue weighted by Crippen LogP contribution is -2.70. The summed E-state index contributed by atoms with van der Waals surface area (Å²) in [5.74, 6) is -5.37.